The van der Waals surface area contributed by atoms with E-state index in [0.717, 1.165) is 6.42 Å². The van der Waals surface area contributed by atoms with Gasteiger partial charge in [0, 0.05) is 0 Å². The van der Waals surface area contributed by atoms with Crippen molar-refractivity contribution in [2.45, 2.75) is 38.1 Å². The molecule has 6 nitrogen and oxygen atoms in total. The molecule has 0 saturated carbocycles. The lowest BCUT2D eigenvalue weighted by Crippen LogP contribution is -2.49. The van der Waals surface area contributed by atoms with Gasteiger partial charge in [-0.15, -0.1) is 0 Å². The second-order valence-electron chi connectivity index (χ2n) is 3.14. The summed E-state index contributed by atoms with van der Waals surface area (Å²) in [5.41, 5.74) is 3.84. The number of carboxylic acid groups (broad SMARTS) is 2. The van der Waals surface area contributed by atoms with E-state index in [-0.39, 0.29) is 11.9 Å². The van der Waals surface area contributed by atoms with Gasteiger partial charge in [-0.25, -0.2) is 0 Å². The number of hydrogen-bond donors (Lipinski definition) is 3. The minimum Gasteiger partial charge on any atom is -0.481 e. The van der Waals surface area contributed by atoms with E-state index in [0.29, 0.717) is 6.42 Å². The number of aliphatic carboxylic acids is 2. The Kier molecular flexibility index (Phi) is 6.94. The van der Waals surface area contributed by atoms with Crippen LogP contribution in [0.25, 0.3) is 0 Å². The van der Waals surface area contributed by atoms with Crippen molar-refractivity contribution in [2.75, 3.05) is 0 Å². The Morgan fingerprint density at radius 3 is 2.14 bits per heavy atom. The van der Waals surface area contributed by atoms with Crippen molar-refractivity contribution >= 4 is 11.9 Å². The van der Waals surface area contributed by atoms with E-state index in [1.165, 1.54) is 0 Å². The smallest absolute Gasteiger partial charge is 0.324 e. The monoisotopic (exact) mass is 207 g/mol. The van der Waals surface area contributed by atoms with Crippen molar-refractivity contribution in [2.24, 2.45) is 5.73 Å². The molecule has 0 rings (SSSR count). The Labute approximate surface area is 82.0 Å². The summed E-state index contributed by atoms with van der Waals surface area (Å²) >= 11 is 0. The summed E-state index contributed by atoms with van der Waals surface area (Å²) < 4.78 is 0. The Bertz CT molecular complexity index is 206. The SMILES string of the molecule is CCCCC(N)(CC(=O)O)C(=O)O.O. The van der Waals surface area contributed by atoms with Crippen molar-refractivity contribution in [3.8, 4) is 0 Å². The van der Waals surface area contributed by atoms with Crippen molar-refractivity contribution in [1.82, 2.24) is 0 Å². The Morgan fingerprint density at radius 1 is 1.36 bits per heavy atom. The van der Waals surface area contributed by atoms with Crippen LogP contribution in [-0.2, 0) is 9.59 Å². The molecule has 0 saturated heterocycles. The number of unbranched alkanes of at least 4 members (excludes halogenated alkanes) is 1. The molecule has 0 aliphatic carbocycles. The van der Waals surface area contributed by atoms with Crippen LogP contribution in [0.2, 0.25) is 0 Å². The molecule has 1 unspecified atom stereocenters. The number of carboxylic acids is 2. The highest BCUT2D eigenvalue weighted by molar-refractivity contribution is 5.84. The molecule has 14 heavy (non-hydrogen) atoms. The first-order valence-electron chi connectivity index (χ1n) is 4.16. The second kappa shape index (κ2) is 6.33. The number of carbonyl (C=O) groups is 2. The summed E-state index contributed by atoms with van der Waals surface area (Å²) in [6.45, 7) is 1.89. The lowest BCUT2D eigenvalue weighted by molar-refractivity contribution is -0.150. The summed E-state index contributed by atoms with van der Waals surface area (Å²) in [6.07, 6.45) is 1.09. The largest absolute Gasteiger partial charge is 0.481 e. The van der Waals surface area contributed by atoms with Gasteiger partial charge in [-0.2, -0.15) is 0 Å². The van der Waals surface area contributed by atoms with Crippen molar-refractivity contribution in [3.63, 3.8) is 0 Å². The maximum atomic E-state index is 10.7. The average molecular weight is 207 g/mol. The molecule has 6 heteroatoms. The van der Waals surface area contributed by atoms with Crippen LogP contribution in [0.1, 0.15) is 32.6 Å². The van der Waals surface area contributed by atoms with Crippen molar-refractivity contribution in [1.29, 1.82) is 0 Å². The summed E-state index contributed by atoms with van der Waals surface area (Å²) in [5.74, 6) is -2.43. The van der Waals surface area contributed by atoms with Gasteiger partial charge in [0.1, 0.15) is 5.54 Å². The van der Waals surface area contributed by atoms with Gasteiger partial charge in [-0.05, 0) is 6.42 Å². The normalized spacial score (nSPS) is 13.9. The van der Waals surface area contributed by atoms with E-state index < -0.39 is 23.9 Å². The highest BCUT2D eigenvalue weighted by Crippen LogP contribution is 2.16. The van der Waals surface area contributed by atoms with Crippen LogP contribution in [0.5, 0.6) is 0 Å². The number of rotatable bonds is 6. The van der Waals surface area contributed by atoms with Gasteiger partial charge in [0.05, 0.1) is 6.42 Å². The third-order valence-electron chi connectivity index (χ3n) is 1.87. The fourth-order valence-electron chi connectivity index (χ4n) is 1.03. The standard InChI is InChI=1S/C8H15NO4.H2O/c1-2-3-4-8(9,7(12)13)5-6(10)11;/h2-5,9H2,1H3,(H,10,11)(H,12,13);1H2. The van der Waals surface area contributed by atoms with E-state index in [4.69, 9.17) is 15.9 Å². The summed E-state index contributed by atoms with van der Waals surface area (Å²) in [7, 11) is 0. The summed E-state index contributed by atoms with van der Waals surface area (Å²) in [5, 5.41) is 17.2. The lowest BCUT2D eigenvalue weighted by Gasteiger charge is -2.22. The zero-order valence-corrected chi connectivity index (χ0v) is 8.12. The fourth-order valence-corrected chi connectivity index (χ4v) is 1.03. The van der Waals surface area contributed by atoms with E-state index in [9.17, 15) is 9.59 Å². The Hall–Kier alpha value is -1.14. The molecule has 0 aromatic carbocycles. The third-order valence-corrected chi connectivity index (χ3v) is 1.87. The maximum absolute atomic E-state index is 10.7. The van der Waals surface area contributed by atoms with E-state index in [1.54, 1.807) is 0 Å². The number of nitrogens with two attached hydrogens (primary N) is 1. The van der Waals surface area contributed by atoms with Crippen LogP contribution >= 0.6 is 0 Å². The molecule has 1 atom stereocenters. The average Bonchev–Trinajstić information content (AvgIpc) is 1.99. The molecule has 0 aromatic rings. The van der Waals surface area contributed by atoms with E-state index in [1.807, 2.05) is 6.92 Å². The third kappa shape index (κ3) is 4.78. The molecule has 0 spiro atoms. The molecule has 84 valence electrons. The van der Waals surface area contributed by atoms with Crippen LogP contribution in [0.15, 0.2) is 0 Å². The molecule has 0 radical (unpaired) electrons. The van der Waals surface area contributed by atoms with Crippen LogP contribution in [-0.4, -0.2) is 33.2 Å². The van der Waals surface area contributed by atoms with Gasteiger partial charge < -0.3 is 21.4 Å². The van der Waals surface area contributed by atoms with Gasteiger partial charge in [0.25, 0.3) is 0 Å². The molecule has 0 aliphatic rings. The van der Waals surface area contributed by atoms with Gasteiger partial charge in [-0.1, -0.05) is 19.8 Å². The van der Waals surface area contributed by atoms with Crippen molar-refractivity contribution in [3.05, 3.63) is 0 Å². The molecule has 0 aromatic heterocycles. The predicted molar refractivity (Wildman–Crippen MR) is 49.9 cm³/mol. The van der Waals surface area contributed by atoms with Gasteiger partial charge in [-0.3, -0.25) is 9.59 Å². The minimum atomic E-state index is -1.61. The summed E-state index contributed by atoms with van der Waals surface area (Å²) in [4.78, 5) is 21.0. The second-order valence-corrected chi connectivity index (χ2v) is 3.14. The van der Waals surface area contributed by atoms with Crippen LogP contribution in [0.3, 0.4) is 0 Å². The highest BCUT2D eigenvalue weighted by atomic mass is 16.4. The highest BCUT2D eigenvalue weighted by Gasteiger charge is 2.35. The fraction of sp³-hybridized carbons (Fsp3) is 0.750. The summed E-state index contributed by atoms with van der Waals surface area (Å²) in [6, 6.07) is 0. The first kappa shape index (κ1) is 15.3. The Morgan fingerprint density at radius 2 is 1.86 bits per heavy atom. The van der Waals surface area contributed by atoms with Gasteiger partial charge >= 0.3 is 11.9 Å². The lowest BCUT2D eigenvalue weighted by atomic mass is 9.90. The molecule has 0 fully saturated rings. The van der Waals surface area contributed by atoms with Gasteiger partial charge in [0.2, 0.25) is 0 Å². The van der Waals surface area contributed by atoms with Crippen LogP contribution in [0.4, 0.5) is 0 Å². The first-order valence-corrected chi connectivity index (χ1v) is 4.16. The minimum absolute atomic E-state index is 0. The molecular formula is C8H17NO5. The molecular weight excluding hydrogens is 190 g/mol. The molecule has 0 heterocycles. The van der Waals surface area contributed by atoms with Gasteiger partial charge in [0.15, 0.2) is 0 Å². The predicted octanol–water partition coefficient (Wildman–Crippen LogP) is -0.391. The molecule has 6 N–H and O–H groups in total. The molecule has 0 bridgehead atoms. The number of hydrogen-bond acceptors (Lipinski definition) is 3. The molecule has 0 amide bonds. The van der Waals surface area contributed by atoms with E-state index >= 15 is 0 Å². The quantitative estimate of drug-likeness (QED) is 0.545. The van der Waals surface area contributed by atoms with Crippen LogP contribution < -0.4 is 5.73 Å². The maximum Gasteiger partial charge on any atom is 0.324 e. The zero-order chi connectivity index (χ0) is 10.5. The van der Waals surface area contributed by atoms with E-state index in [2.05, 4.69) is 0 Å². The van der Waals surface area contributed by atoms with Crippen LogP contribution in [0, 0.1) is 0 Å². The molecule has 0 aliphatic heterocycles. The van der Waals surface area contributed by atoms with Crippen molar-refractivity contribution < 1.29 is 25.3 Å². The zero-order valence-electron chi connectivity index (χ0n) is 8.12. The topological polar surface area (TPSA) is 132 Å². The first-order chi connectivity index (χ1) is 5.92. The Balaban J connectivity index is 0.